The molecule has 31 heavy (non-hydrogen) atoms. The smallest absolute Gasteiger partial charge is 0.251 e. The molecule has 0 saturated heterocycles. The van der Waals surface area contributed by atoms with Crippen LogP contribution in [0.5, 0.6) is 0 Å². The summed E-state index contributed by atoms with van der Waals surface area (Å²) in [6.07, 6.45) is 5.78. The van der Waals surface area contributed by atoms with Gasteiger partial charge in [0, 0.05) is 5.56 Å². The predicted molar refractivity (Wildman–Crippen MR) is 122 cm³/mol. The van der Waals surface area contributed by atoms with E-state index in [1.54, 1.807) is 12.1 Å². The molecule has 2 aromatic rings. The van der Waals surface area contributed by atoms with Gasteiger partial charge in [-0.1, -0.05) is 62.2 Å². The van der Waals surface area contributed by atoms with Gasteiger partial charge in [0.25, 0.3) is 5.91 Å². The second kappa shape index (κ2) is 9.05. The van der Waals surface area contributed by atoms with Crippen molar-refractivity contribution in [1.82, 2.24) is 10.2 Å². The van der Waals surface area contributed by atoms with Crippen molar-refractivity contribution in [3.05, 3.63) is 71.3 Å². The quantitative estimate of drug-likeness (QED) is 0.709. The molecule has 6 nitrogen and oxygen atoms in total. The molecule has 0 aromatic heterocycles. The van der Waals surface area contributed by atoms with Crippen molar-refractivity contribution in [1.29, 1.82) is 0 Å². The summed E-state index contributed by atoms with van der Waals surface area (Å²) in [6, 6.07) is 16.8. The predicted octanol–water partition coefficient (Wildman–Crippen LogP) is 3.25. The van der Waals surface area contributed by atoms with Gasteiger partial charge in [0.05, 0.1) is 19.0 Å². The molecular formula is C25H28N4O2. The Morgan fingerprint density at radius 1 is 1.19 bits per heavy atom. The van der Waals surface area contributed by atoms with E-state index in [2.05, 4.69) is 16.2 Å². The molecule has 160 valence electrons. The molecule has 1 aliphatic heterocycles. The molecule has 2 aromatic carbocycles. The van der Waals surface area contributed by atoms with E-state index in [1.807, 2.05) is 63.2 Å². The molecular weight excluding hydrogens is 388 g/mol. The lowest BCUT2D eigenvalue weighted by atomic mass is 9.83. The van der Waals surface area contributed by atoms with Crippen molar-refractivity contribution in [2.45, 2.75) is 45.3 Å². The largest absolute Gasteiger partial charge is 0.369 e. The van der Waals surface area contributed by atoms with Gasteiger partial charge in [-0.05, 0) is 36.1 Å². The number of benzene rings is 2. The number of aliphatic imine (C=N–C) groups is 1. The number of nitrogens with one attached hydrogen (secondary N) is 1. The van der Waals surface area contributed by atoms with Gasteiger partial charge in [-0.2, -0.15) is 0 Å². The van der Waals surface area contributed by atoms with Crippen molar-refractivity contribution in [3.8, 4) is 12.3 Å². The Hall–Kier alpha value is -3.59. The average molecular weight is 417 g/mol. The lowest BCUT2D eigenvalue weighted by Gasteiger charge is -2.36. The number of carbonyl (C=O) groups excluding carboxylic acids is 2. The van der Waals surface area contributed by atoms with Gasteiger partial charge in [0.1, 0.15) is 5.54 Å². The number of rotatable bonds is 6. The first-order chi connectivity index (χ1) is 14.8. The molecule has 0 unspecified atom stereocenters. The number of nitrogens with zero attached hydrogens (tertiary/aromatic N) is 2. The maximum absolute atomic E-state index is 12.7. The van der Waals surface area contributed by atoms with Crippen LogP contribution in [0.15, 0.2) is 59.6 Å². The number of amides is 2. The minimum Gasteiger partial charge on any atom is -0.369 e. The lowest BCUT2D eigenvalue weighted by molar-refractivity contribution is -0.129. The molecule has 0 fully saturated rings. The summed E-state index contributed by atoms with van der Waals surface area (Å²) >= 11 is 0. The van der Waals surface area contributed by atoms with Crippen LogP contribution in [0.2, 0.25) is 0 Å². The summed E-state index contributed by atoms with van der Waals surface area (Å²) in [5.74, 6) is 2.46. The fourth-order valence-electron chi connectivity index (χ4n) is 3.56. The normalized spacial score (nSPS) is 19.5. The Morgan fingerprint density at radius 2 is 1.84 bits per heavy atom. The number of guanidine groups is 1. The molecule has 0 bridgehead atoms. The van der Waals surface area contributed by atoms with E-state index in [4.69, 9.17) is 12.2 Å². The lowest BCUT2D eigenvalue weighted by Crippen LogP contribution is -2.52. The molecule has 2 amide bonds. The summed E-state index contributed by atoms with van der Waals surface area (Å²) in [5.41, 5.74) is 7.62. The zero-order valence-corrected chi connectivity index (χ0v) is 18.1. The van der Waals surface area contributed by atoms with E-state index in [9.17, 15) is 9.59 Å². The molecule has 1 heterocycles. The second-order valence-electron chi connectivity index (χ2n) is 8.15. The molecule has 0 saturated carbocycles. The van der Waals surface area contributed by atoms with Gasteiger partial charge >= 0.3 is 0 Å². The van der Waals surface area contributed by atoms with Crippen LogP contribution in [0.4, 0.5) is 0 Å². The number of terminal acetylenes is 1. The Labute approximate surface area is 183 Å². The molecule has 3 N–H and O–H groups in total. The van der Waals surface area contributed by atoms with Gasteiger partial charge in [-0.25, -0.2) is 4.99 Å². The highest BCUT2D eigenvalue weighted by molar-refractivity contribution is 5.99. The number of nitrogens with two attached hydrogens (primary N) is 1. The Kier molecular flexibility index (Phi) is 6.45. The van der Waals surface area contributed by atoms with Crippen LogP contribution < -0.4 is 11.1 Å². The molecule has 2 atom stereocenters. The van der Waals surface area contributed by atoms with E-state index in [0.717, 1.165) is 11.1 Å². The summed E-state index contributed by atoms with van der Waals surface area (Å²) in [4.78, 5) is 31.2. The molecule has 0 spiro atoms. The van der Waals surface area contributed by atoms with Crippen LogP contribution in [0.3, 0.4) is 0 Å². The van der Waals surface area contributed by atoms with Gasteiger partial charge in [-0.15, -0.1) is 6.42 Å². The van der Waals surface area contributed by atoms with Crippen molar-refractivity contribution in [2.24, 2.45) is 16.6 Å². The van der Waals surface area contributed by atoms with Crippen molar-refractivity contribution < 1.29 is 9.59 Å². The average Bonchev–Trinajstić information content (AvgIpc) is 2.76. The topological polar surface area (TPSA) is 87.8 Å². The minimum atomic E-state index is -0.894. The summed E-state index contributed by atoms with van der Waals surface area (Å²) in [6.45, 7) is 6.08. The maximum Gasteiger partial charge on any atom is 0.251 e. The molecule has 0 aliphatic carbocycles. The maximum atomic E-state index is 12.7. The van der Waals surface area contributed by atoms with Crippen molar-refractivity contribution >= 4 is 17.8 Å². The SMILES string of the molecule is C#C[C@@]1(C(C)C)CC(=O)N(Cc2ccc(C(=O)N[C@@H](C)c3ccccc3)cc2)C(N)=N1. The van der Waals surface area contributed by atoms with E-state index >= 15 is 0 Å². The third-order valence-corrected chi connectivity index (χ3v) is 5.72. The van der Waals surface area contributed by atoms with Crippen molar-refractivity contribution in [3.63, 3.8) is 0 Å². The van der Waals surface area contributed by atoms with Gasteiger partial charge in [-0.3, -0.25) is 14.5 Å². The highest BCUT2D eigenvalue weighted by Crippen LogP contribution is 2.30. The Balaban J connectivity index is 1.68. The highest BCUT2D eigenvalue weighted by atomic mass is 16.2. The van der Waals surface area contributed by atoms with Gasteiger partial charge in [0.2, 0.25) is 5.91 Å². The molecule has 3 rings (SSSR count). The fourth-order valence-corrected chi connectivity index (χ4v) is 3.56. The molecule has 1 aliphatic rings. The molecule has 6 heteroatoms. The highest BCUT2D eigenvalue weighted by Gasteiger charge is 2.40. The second-order valence-corrected chi connectivity index (χ2v) is 8.15. The zero-order valence-electron chi connectivity index (χ0n) is 18.1. The van der Waals surface area contributed by atoms with Crippen LogP contribution in [0.1, 0.15) is 54.7 Å². The Morgan fingerprint density at radius 3 is 2.39 bits per heavy atom. The summed E-state index contributed by atoms with van der Waals surface area (Å²) in [7, 11) is 0. The summed E-state index contributed by atoms with van der Waals surface area (Å²) in [5, 5.41) is 2.99. The van der Waals surface area contributed by atoms with E-state index in [-0.39, 0.29) is 42.7 Å². The first-order valence-corrected chi connectivity index (χ1v) is 10.3. The van der Waals surface area contributed by atoms with Gasteiger partial charge in [0.15, 0.2) is 5.96 Å². The zero-order chi connectivity index (χ0) is 22.6. The third-order valence-electron chi connectivity index (χ3n) is 5.72. The van der Waals surface area contributed by atoms with Crippen molar-refractivity contribution in [2.75, 3.05) is 0 Å². The van der Waals surface area contributed by atoms with Crippen LogP contribution in [0, 0.1) is 18.3 Å². The number of carbonyl (C=O) groups is 2. The minimum absolute atomic E-state index is 0.00164. The first-order valence-electron chi connectivity index (χ1n) is 10.3. The van der Waals surface area contributed by atoms with Crippen LogP contribution >= 0.6 is 0 Å². The number of hydrogen-bond acceptors (Lipinski definition) is 4. The van der Waals surface area contributed by atoms with Crippen LogP contribution in [-0.4, -0.2) is 28.2 Å². The van der Waals surface area contributed by atoms with E-state index in [0.29, 0.717) is 5.56 Å². The molecule has 0 radical (unpaired) electrons. The standard InChI is InChI=1S/C25H28N4O2/c1-5-25(17(2)3)15-22(30)29(24(26)28-25)16-19-11-13-21(14-12-19)23(31)27-18(4)20-9-7-6-8-10-20/h1,6-14,17-18H,15-16H2,2-4H3,(H2,26,28)(H,27,31)/t18-,25-/m0/s1. The third kappa shape index (κ3) is 4.77. The summed E-state index contributed by atoms with van der Waals surface area (Å²) < 4.78 is 0. The van der Waals surface area contributed by atoms with Crippen LogP contribution in [0.25, 0.3) is 0 Å². The van der Waals surface area contributed by atoms with Crippen LogP contribution in [-0.2, 0) is 11.3 Å². The monoisotopic (exact) mass is 416 g/mol. The first kappa shape index (κ1) is 22.1. The van der Waals surface area contributed by atoms with E-state index in [1.165, 1.54) is 4.90 Å². The fraction of sp³-hybridized carbons (Fsp3) is 0.320. The van der Waals surface area contributed by atoms with Gasteiger partial charge < -0.3 is 11.1 Å². The number of hydrogen-bond donors (Lipinski definition) is 2. The Bertz CT molecular complexity index is 1020. The van der Waals surface area contributed by atoms with E-state index < -0.39 is 5.54 Å².